The van der Waals surface area contributed by atoms with Crippen LogP contribution in [0.5, 0.6) is 0 Å². The maximum atomic E-state index is 13.0. The van der Waals surface area contributed by atoms with E-state index in [1.54, 1.807) is 6.92 Å². The van der Waals surface area contributed by atoms with Gasteiger partial charge in [0, 0.05) is 18.9 Å². The molecule has 0 spiro atoms. The van der Waals surface area contributed by atoms with E-state index in [0.717, 1.165) is 6.42 Å². The standard InChI is InChI=1S/C13H23F2NO2.C2H6/c1-10(2)5-6-16(8-9-7-13(9,14)15)11(10,3)12(4,17)18;1-2/h9,17-18H,5-8H2,1-4H3;1-2H3/t9?,11-;/m1./s1. The Kier molecular flexibility index (Phi) is 4.61. The van der Waals surface area contributed by atoms with Crippen LogP contribution in [-0.2, 0) is 0 Å². The van der Waals surface area contributed by atoms with E-state index in [-0.39, 0.29) is 18.4 Å². The number of aliphatic hydroxyl groups is 2. The van der Waals surface area contributed by atoms with E-state index in [0.29, 0.717) is 6.54 Å². The Bertz CT molecular complexity index is 352. The second-order valence-corrected chi connectivity index (χ2v) is 6.84. The zero-order valence-corrected chi connectivity index (χ0v) is 13.5. The average molecular weight is 293 g/mol. The number of hydrogen-bond donors (Lipinski definition) is 2. The summed E-state index contributed by atoms with van der Waals surface area (Å²) in [6.45, 7) is 11.9. The minimum Gasteiger partial charge on any atom is -0.364 e. The Balaban J connectivity index is 0.000000956. The first-order chi connectivity index (χ1) is 8.92. The van der Waals surface area contributed by atoms with Gasteiger partial charge in [-0.05, 0) is 32.2 Å². The zero-order chi connectivity index (χ0) is 16.0. The van der Waals surface area contributed by atoms with Crippen molar-refractivity contribution < 1.29 is 19.0 Å². The van der Waals surface area contributed by atoms with E-state index in [4.69, 9.17) is 0 Å². The van der Waals surface area contributed by atoms with Crippen molar-refractivity contribution in [3.05, 3.63) is 0 Å². The SMILES string of the molecule is CC.CC(O)(O)[C@]1(C)N(CC2CC2(F)F)CCC1(C)C. The molecule has 2 atom stereocenters. The molecule has 0 radical (unpaired) electrons. The van der Waals surface area contributed by atoms with E-state index >= 15 is 0 Å². The number of halogens is 2. The molecule has 0 aromatic heterocycles. The molecule has 2 rings (SSSR count). The third-order valence-electron chi connectivity index (χ3n) is 5.28. The molecule has 2 N–H and O–H groups in total. The molecular weight excluding hydrogens is 264 g/mol. The largest absolute Gasteiger partial charge is 0.364 e. The van der Waals surface area contributed by atoms with Gasteiger partial charge in [-0.2, -0.15) is 0 Å². The highest BCUT2D eigenvalue weighted by Gasteiger charge is 2.64. The lowest BCUT2D eigenvalue weighted by molar-refractivity contribution is -0.248. The van der Waals surface area contributed by atoms with Crippen molar-refractivity contribution in [3.63, 3.8) is 0 Å². The first-order valence-corrected chi connectivity index (χ1v) is 7.49. The van der Waals surface area contributed by atoms with Crippen molar-refractivity contribution >= 4 is 0 Å². The molecule has 1 unspecified atom stereocenters. The van der Waals surface area contributed by atoms with E-state index in [9.17, 15) is 19.0 Å². The second kappa shape index (κ2) is 5.18. The van der Waals surface area contributed by atoms with Gasteiger partial charge in [-0.15, -0.1) is 0 Å². The van der Waals surface area contributed by atoms with Crippen LogP contribution in [0.4, 0.5) is 8.78 Å². The van der Waals surface area contributed by atoms with Gasteiger partial charge in [0.2, 0.25) is 0 Å². The van der Waals surface area contributed by atoms with Crippen molar-refractivity contribution in [2.75, 3.05) is 13.1 Å². The van der Waals surface area contributed by atoms with Gasteiger partial charge in [0.25, 0.3) is 5.92 Å². The summed E-state index contributed by atoms with van der Waals surface area (Å²) in [5, 5.41) is 20.1. The maximum absolute atomic E-state index is 13.0. The number of nitrogens with zero attached hydrogens (tertiary/aromatic N) is 1. The first-order valence-electron chi connectivity index (χ1n) is 7.49. The van der Waals surface area contributed by atoms with Crippen LogP contribution in [0, 0.1) is 11.3 Å². The molecular formula is C15H29F2NO2. The summed E-state index contributed by atoms with van der Waals surface area (Å²) in [6, 6.07) is 0. The van der Waals surface area contributed by atoms with Crippen LogP contribution in [0.2, 0.25) is 0 Å². The zero-order valence-electron chi connectivity index (χ0n) is 13.5. The number of hydrogen-bond acceptors (Lipinski definition) is 3. The van der Waals surface area contributed by atoms with Crippen LogP contribution < -0.4 is 0 Å². The summed E-state index contributed by atoms with van der Waals surface area (Å²) in [6.07, 6.45) is 0.700. The van der Waals surface area contributed by atoms with E-state index in [1.165, 1.54) is 6.92 Å². The summed E-state index contributed by atoms with van der Waals surface area (Å²) in [7, 11) is 0. The molecule has 1 aliphatic heterocycles. The Labute approximate surface area is 121 Å². The molecule has 3 nitrogen and oxygen atoms in total. The lowest BCUT2D eigenvalue weighted by Gasteiger charge is -2.50. The fourth-order valence-corrected chi connectivity index (χ4v) is 3.26. The predicted octanol–water partition coefficient (Wildman–Crippen LogP) is 2.86. The van der Waals surface area contributed by atoms with Crippen molar-refractivity contribution in [2.24, 2.45) is 11.3 Å². The minimum absolute atomic E-state index is 0.0758. The van der Waals surface area contributed by atoms with Crippen LogP contribution in [0.1, 0.15) is 54.4 Å². The smallest absolute Gasteiger partial charge is 0.252 e. The lowest BCUT2D eigenvalue weighted by Crippen LogP contribution is -2.64. The van der Waals surface area contributed by atoms with Crippen molar-refractivity contribution in [1.82, 2.24) is 4.90 Å². The molecule has 0 aromatic rings. The van der Waals surface area contributed by atoms with Crippen molar-refractivity contribution in [3.8, 4) is 0 Å². The average Bonchev–Trinajstić information content (AvgIpc) is 2.83. The maximum Gasteiger partial charge on any atom is 0.252 e. The molecule has 2 fully saturated rings. The van der Waals surface area contributed by atoms with Crippen LogP contribution in [-0.4, -0.2) is 45.5 Å². The lowest BCUT2D eigenvalue weighted by atomic mass is 9.69. The van der Waals surface area contributed by atoms with Crippen LogP contribution in [0.25, 0.3) is 0 Å². The Morgan fingerprint density at radius 1 is 1.20 bits per heavy atom. The molecule has 20 heavy (non-hydrogen) atoms. The summed E-state index contributed by atoms with van der Waals surface area (Å²) in [5.41, 5.74) is -1.23. The van der Waals surface area contributed by atoms with E-state index in [2.05, 4.69) is 0 Å². The van der Waals surface area contributed by atoms with Gasteiger partial charge >= 0.3 is 0 Å². The van der Waals surface area contributed by atoms with Gasteiger partial charge in [-0.25, -0.2) is 8.78 Å². The third kappa shape index (κ3) is 2.72. The summed E-state index contributed by atoms with van der Waals surface area (Å²) in [5.74, 6) is -5.10. The van der Waals surface area contributed by atoms with Gasteiger partial charge < -0.3 is 10.2 Å². The van der Waals surface area contributed by atoms with Crippen molar-refractivity contribution in [1.29, 1.82) is 0 Å². The summed E-state index contributed by atoms with van der Waals surface area (Å²) in [4.78, 5) is 1.83. The molecule has 1 aliphatic carbocycles. The first kappa shape index (κ1) is 17.8. The van der Waals surface area contributed by atoms with E-state index < -0.39 is 23.2 Å². The fourth-order valence-electron chi connectivity index (χ4n) is 3.26. The Morgan fingerprint density at radius 2 is 1.65 bits per heavy atom. The molecule has 120 valence electrons. The minimum atomic E-state index is -2.56. The number of rotatable bonds is 3. The van der Waals surface area contributed by atoms with Gasteiger partial charge in [-0.3, -0.25) is 4.90 Å². The highest BCUT2D eigenvalue weighted by Crippen LogP contribution is 2.54. The molecule has 2 aliphatic rings. The topological polar surface area (TPSA) is 43.7 Å². The van der Waals surface area contributed by atoms with E-state index in [1.807, 2.05) is 32.6 Å². The Hall–Kier alpha value is -0.260. The van der Waals surface area contributed by atoms with Gasteiger partial charge in [0.15, 0.2) is 5.79 Å². The van der Waals surface area contributed by atoms with Crippen LogP contribution >= 0.6 is 0 Å². The Morgan fingerprint density at radius 3 is 2.00 bits per heavy atom. The molecule has 0 aromatic carbocycles. The summed E-state index contributed by atoms with van der Waals surface area (Å²) < 4.78 is 26.1. The van der Waals surface area contributed by atoms with Gasteiger partial charge in [0.1, 0.15) is 0 Å². The number of alkyl halides is 2. The van der Waals surface area contributed by atoms with Crippen molar-refractivity contribution in [2.45, 2.75) is 71.6 Å². The quantitative estimate of drug-likeness (QED) is 0.786. The highest BCUT2D eigenvalue weighted by atomic mass is 19.3. The number of likely N-dealkylation sites (tertiary alicyclic amines) is 1. The fraction of sp³-hybridized carbons (Fsp3) is 1.00. The predicted molar refractivity (Wildman–Crippen MR) is 75.6 cm³/mol. The second-order valence-electron chi connectivity index (χ2n) is 6.84. The van der Waals surface area contributed by atoms with Gasteiger partial charge in [-0.1, -0.05) is 27.7 Å². The van der Waals surface area contributed by atoms with Gasteiger partial charge in [0.05, 0.1) is 5.54 Å². The normalized spacial score (nSPS) is 35.4. The van der Waals surface area contributed by atoms with Crippen LogP contribution in [0.15, 0.2) is 0 Å². The molecule has 1 heterocycles. The molecule has 1 saturated heterocycles. The summed E-state index contributed by atoms with van der Waals surface area (Å²) >= 11 is 0. The monoisotopic (exact) mass is 293 g/mol. The molecule has 1 saturated carbocycles. The molecule has 0 bridgehead atoms. The highest BCUT2D eigenvalue weighted by molar-refractivity contribution is 5.12. The van der Waals surface area contributed by atoms with Crippen LogP contribution in [0.3, 0.4) is 0 Å². The molecule has 5 heteroatoms. The third-order valence-corrected chi connectivity index (χ3v) is 5.28. The molecule has 0 amide bonds.